The van der Waals surface area contributed by atoms with Crippen molar-refractivity contribution in [1.82, 2.24) is 25.3 Å². The number of aromatic nitrogens is 2. The standard InChI is InChI=1S/C17H25N5OS/c1-13(11-22-7-3-6-19-22)20-17(23)18-10-14(2)21-8-4-16-15(12-21)5-9-24-16/h3,5-7,9,13-14H,4,8,10-12H2,1-2H3,(H2,18,20,23)/t13-,14+/m1/s1. The zero-order chi connectivity index (χ0) is 16.9. The number of nitrogens with zero attached hydrogens (tertiary/aromatic N) is 3. The fourth-order valence-electron chi connectivity index (χ4n) is 3.03. The van der Waals surface area contributed by atoms with Gasteiger partial charge in [0.05, 0.1) is 6.54 Å². The highest BCUT2D eigenvalue weighted by atomic mass is 32.1. The molecule has 0 bridgehead atoms. The molecule has 0 aliphatic carbocycles. The van der Waals surface area contributed by atoms with E-state index in [1.54, 1.807) is 6.20 Å². The van der Waals surface area contributed by atoms with Gasteiger partial charge in [0, 0.05) is 49.0 Å². The van der Waals surface area contributed by atoms with Crippen molar-refractivity contribution in [1.29, 1.82) is 0 Å². The molecule has 0 spiro atoms. The highest BCUT2D eigenvalue weighted by molar-refractivity contribution is 7.10. The van der Waals surface area contributed by atoms with Gasteiger partial charge in [0.2, 0.25) is 0 Å². The molecule has 0 saturated carbocycles. The van der Waals surface area contributed by atoms with Crippen LogP contribution in [-0.2, 0) is 19.5 Å². The maximum absolute atomic E-state index is 12.1. The van der Waals surface area contributed by atoms with Gasteiger partial charge >= 0.3 is 6.03 Å². The van der Waals surface area contributed by atoms with Gasteiger partial charge in [-0.25, -0.2) is 4.79 Å². The molecule has 2 amide bonds. The molecule has 2 aromatic heterocycles. The minimum atomic E-state index is -0.116. The Hall–Kier alpha value is -1.86. The molecule has 1 aliphatic heterocycles. The summed E-state index contributed by atoms with van der Waals surface area (Å²) in [7, 11) is 0. The minimum absolute atomic E-state index is 0.0311. The summed E-state index contributed by atoms with van der Waals surface area (Å²) in [5.74, 6) is 0. The molecule has 0 saturated heterocycles. The smallest absolute Gasteiger partial charge is 0.315 e. The van der Waals surface area contributed by atoms with Crippen molar-refractivity contribution in [2.24, 2.45) is 0 Å². The van der Waals surface area contributed by atoms with E-state index in [1.807, 2.05) is 35.2 Å². The van der Waals surface area contributed by atoms with Crippen LogP contribution in [0.3, 0.4) is 0 Å². The molecule has 0 radical (unpaired) electrons. The van der Waals surface area contributed by atoms with Crippen molar-refractivity contribution in [3.8, 4) is 0 Å². The molecule has 2 N–H and O–H groups in total. The lowest BCUT2D eigenvalue weighted by Crippen LogP contribution is -2.48. The third-order valence-electron chi connectivity index (χ3n) is 4.42. The van der Waals surface area contributed by atoms with Crippen molar-refractivity contribution in [2.75, 3.05) is 13.1 Å². The maximum atomic E-state index is 12.1. The maximum Gasteiger partial charge on any atom is 0.315 e. The highest BCUT2D eigenvalue weighted by Crippen LogP contribution is 2.24. The normalized spacial score (nSPS) is 17.1. The van der Waals surface area contributed by atoms with Crippen molar-refractivity contribution in [3.05, 3.63) is 40.3 Å². The van der Waals surface area contributed by atoms with E-state index in [9.17, 15) is 4.79 Å². The van der Waals surface area contributed by atoms with Crippen LogP contribution < -0.4 is 10.6 Å². The number of amides is 2. The SMILES string of the molecule is C[C@H](Cn1cccn1)NC(=O)NC[C@H](C)N1CCc2sccc2C1. The van der Waals surface area contributed by atoms with E-state index >= 15 is 0 Å². The van der Waals surface area contributed by atoms with Gasteiger partial charge in [0.15, 0.2) is 0 Å². The van der Waals surface area contributed by atoms with Crippen LogP contribution in [0.25, 0.3) is 0 Å². The van der Waals surface area contributed by atoms with E-state index in [1.165, 1.54) is 10.4 Å². The van der Waals surface area contributed by atoms with Crippen LogP contribution in [0, 0.1) is 0 Å². The van der Waals surface area contributed by atoms with Gasteiger partial charge in [-0.15, -0.1) is 11.3 Å². The van der Waals surface area contributed by atoms with Crippen molar-refractivity contribution >= 4 is 17.4 Å². The average Bonchev–Trinajstić information content (AvgIpc) is 3.22. The Balaban J connectivity index is 1.39. The van der Waals surface area contributed by atoms with Crippen LogP contribution >= 0.6 is 11.3 Å². The molecular formula is C17H25N5OS. The highest BCUT2D eigenvalue weighted by Gasteiger charge is 2.21. The number of hydrogen-bond acceptors (Lipinski definition) is 4. The summed E-state index contributed by atoms with van der Waals surface area (Å²) in [6.07, 6.45) is 4.75. The van der Waals surface area contributed by atoms with E-state index in [4.69, 9.17) is 0 Å². The molecule has 130 valence electrons. The predicted octanol–water partition coefficient (Wildman–Crippen LogP) is 2.08. The van der Waals surface area contributed by atoms with E-state index < -0.39 is 0 Å². The Morgan fingerprint density at radius 3 is 3.12 bits per heavy atom. The first-order valence-corrected chi connectivity index (χ1v) is 9.31. The number of rotatable bonds is 6. The fourth-order valence-corrected chi connectivity index (χ4v) is 3.92. The zero-order valence-corrected chi connectivity index (χ0v) is 15.1. The predicted molar refractivity (Wildman–Crippen MR) is 96.1 cm³/mol. The summed E-state index contributed by atoms with van der Waals surface area (Å²) in [5, 5.41) is 12.3. The molecular weight excluding hydrogens is 322 g/mol. The second-order valence-electron chi connectivity index (χ2n) is 6.42. The van der Waals surface area contributed by atoms with Gasteiger partial charge in [-0.3, -0.25) is 9.58 Å². The first kappa shape index (κ1) is 17.0. The van der Waals surface area contributed by atoms with E-state index in [0.29, 0.717) is 19.1 Å². The second kappa shape index (κ2) is 7.81. The molecule has 0 fully saturated rings. The molecule has 0 unspecified atom stereocenters. The van der Waals surface area contributed by atoms with E-state index in [0.717, 1.165) is 19.5 Å². The molecule has 0 aromatic carbocycles. The van der Waals surface area contributed by atoms with Crippen LogP contribution in [0.5, 0.6) is 0 Å². The van der Waals surface area contributed by atoms with Gasteiger partial charge in [-0.2, -0.15) is 5.10 Å². The summed E-state index contributed by atoms with van der Waals surface area (Å²) in [5.41, 5.74) is 1.44. The number of fused-ring (bicyclic) bond motifs is 1. The van der Waals surface area contributed by atoms with Crippen molar-refractivity contribution < 1.29 is 4.79 Å². The molecule has 2 aromatic rings. The Labute approximate surface area is 146 Å². The Morgan fingerprint density at radius 1 is 1.46 bits per heavy atom. The van der Waals surface area contributed by atoms with Gasteiger partial charge in [0.25, 0.3) is 0 Å². The largest absolute Gasteiger partial charge is 0.337 e. The quantitative estimate of drug-likeness (QED) is 0.841. The third-order valence-corrected chi connectivity index (χ3v) is 5.44. The van der Waals surface area contributed by atoms with Gasteiger partial charge < -0.3 is 10.6 Å². The van der Waals surface area contributed by atoms with Gasteiger partial charge in [-0.05, 0) is 43.3 Å². The van der Waals surface area contributed by atoms with Gasteiger partial charge in [0.1, 0.15) is 0 Å². The molecule has 2 atom stereocenters. The summed E-state index contributed by atoms with van der Waals surface area (Å²) in [4.78, 5) is 16.0. The first-order chi connectivity index (χ1) is 11.6. The lowest BCUT2D eigenvalue weighted by molar-refractivity contribution is 0.185. The molecule has 24 heavy (non-hydrogen) atoms. The minimum Gasteiger partial charge on any atom is -0.337 e. The Bertz CT molecular complexity index is 654. The fraction of sp³-hybridized carbons (Fsp3) is 0.529. The van der Waals surface area contributed by atoms with Crippen molar-refractivity contribution in [3.63, 3.8) is 0 Å². The van der Waals surface area contributed by atoms with Crippen LogP contribution in [0.2, 0.25) is 0 Å². The molecule has 3 heterocycles. The van der Waals surface area contributed by atoms with Crippen LogP contribution in [0.1, 0.15) is 24.3 Å². The summed E-state index contributed by atoms with van der Waals surface area (Å²) < 4.78 is 1.82. The number of hydrogen-bond donors (Lipinski definition) is 2. The van der Waals surface area contributed by atoms with Gasteiger partial charge in [-0.1, -0.05) is 0 Å². The van der Waals surface area contributed by atoms with Crippen LogP contribution in [0.15, 0.2) is 29.9 Å². The average molecular weight is 347 g/mol. The topological polar surface area (TPSA) is 62.2 Å². The molecule has 7 heteroatoms. The lowest BCUT2D eigenvalue weighted by Gasteiger charge is -2.32. The number of thiophene rings is 1. The first-order valence-electron chi connectivity index (χ1n) is 8.43. The molecule has 1 aliphatic rings. The molecule has 6 nitrogen and oxygen atoms in total. The Kier molecular flexibility index (Phi) is 5.52. The lowest BCUT2D eigenvalue weighted by atomic mass is 10.1. The number of urea groups is 1. The summed E-state index contributed by atoms with van der Waals surface area (Å²) >= 11 is 1.85. The molecule has 3 rings (SSSR count). The third kappa shape index (κ3) is 4.36. The van der Waals surface area contributed by atoms with E-state index in [2.05, 4.69) is 39.0 Å². The van der Waals surface area contributed by atoms with Crippen molar-refractivity contribution in [2.45, 2.75) is 45.4 Å². The summed E-state index contributed by atoms with van der Waals surface area (Å²) in [6.45, 7) is 7.52. The van der Waals surface area contributed by atoms with Crippen LogP contribution in [0.4, 0.5) is 4.79 Å². The number of carbonyl (C=O) groups excluding carboxylic acids is 1. The van der Waals surface area contributed by atoms with E-state index in [-0.39, 0.29) is 12.1 Å². The van der Waals surface area contributed by atoms with Crippen LogP contribution in [-0.4, -0.2) is 45.9 Å². The zero-order valence-electron chi connectivity index (χ0n) is 14.2. The Morgan fingerprint density at radius 2 is 2.33 bits per heavy atom. The summed E-state index contributed by atoms with van der Waals surface area (Å²) in [6, 6.07) is 4.34. The second-order valence-corrected chi connectivity index (χ2v) is 7.42. The number of carbonyl (C=O) groups is 1. The number of nitrogens with one attached hydrogen (secondary N) is 2. The monoisotopic (exact) mass is 347 g/mol.